The van der Waals surface area contributed by atoms with Gasteiger partial charge in [0.05, 0.1) is 5.41 Å². The second kappa shape index (κ2) is 6.24. The summed E-state index contributed by atoms with van der Waals surface area (Å²) in [5, 5.41) is 9.73. The number of rotatable bonds is 4. The number of hydrogen-bond donors (Lipinski definition) is 1. The first kappa shape index (κ1) is 15.5. The summed E-state index contributed by atoms with van der Waals surface area (Å²) >= 11 is 0. The molecule has 1 aromatic rings. The Bertz CT molecular complexity index is 552. The van der Waals surface area contributed by atoms with Gasteiger partial charge in [-0.1, -0.05) is 11.6 Å². The predicted octanol–water partition coefficient (Wildman–Crippen LogP) is 2.81. The van der Waals surface area contributed by atoms with Gasteiger partial charge in [0.1, 0.15) is 11.6 Å². The van der Waals surface area contributed by atoms with Crippen LogP contribution in [0.5, 0.6) is 0 Å². The molecule has 1 N–H and O–H groups in total. The molecule has 1 atom stereocenters. The second-order valence-electron chi connectivity index (χ2n) is 6.06. The number of allylic oxidation sites excluding steroid dienone is 2. The number of piperidine rings is 1. The van der Waals surface area contributed by atoms with Crippen molar-refractivity contribution in [2.45, 2.75) is 40.0 Å². The van der Waals surface area contributed by atoms with Crippen LogP contribution in [0, 0.1) is 12.3 Å². The summed E-state index contributed by atoms with van der Waals surface area (Å²) in [6.45, 7) is 7.21. The maximum atomic E-state index is 11.8. The van der Waals surface area contributed by atoms with Crippen LogP contribution in [0.4, 0.5) is 5.82 Å². The van der Waals surface area contributed by atoms with Crippen LogP contribution < -0.4 is 4.90 Å². The Morgan fingerprint density at radius 3 is 2.90 bits per heavy atom. The molecule has 1 saturated heterocycles. The molecule has 1 fully saturated rings. The molecular weight excluding hydrogens is 266 g/mol. The third-order valence-electron chi connectivity index (χ3n) is 4.02. The lowest BCUT2D eigenvalue weighted by Gasteiger charge is -2.40. The topological polar surface area (TPSA) is 66.3 Å². The van der Waals surface area contributed by atoms with Crippen molar-refractivity contribution < 1.29 is 9.90 Å². The van der Waals surface area contributed by atoms with Crippen LogP contribution in [0.3, 0.4) is 0 Å². The molecule has 0 radical (unpaired) electrons. The lowest BCUT2D eigenvalue weighted by atomic mass is 9.76. The fourth-order valence-electron chi connectivity index (χ4n) is 2.78. The monoisotopic (exact) mass is 289 g/mol. The van der Waals surface area contributed by atoms with Gasteiger partial charge < -0.3 is 10.0 Å². The van der Waals surface area contributed by atoms with E-state index in [2.05, 4.69) is 14.9 Å². The molecule has 0 amide bonds. The largest absolute Gasteiger partial charge is 0.481 e. The van der Waals surface area contributed by atoms with Crippen molar-refractivity contribution in [2.24, 2.45) is 5.41 Å². The fourth-order valence-corrected chi connectivity index (χ4v) is 2.78. The van der Waals surface area contributed by atoms with E-state index >= 15 is 0 Å². The van der Waals surface area contributed by atoms with Crippen LogP contribution in [-0.2, 0) is 4.79 Å². The number of aliphatic carboxylic acids is 1. The third kappa shape index (κ3) is 3.60. The van der Waals surface area contributed by atoms with Gasteiger partial charge in [-0.05, 0) is 46.1 Å². The summed E-state index contributed by atoms with van der Waals surface area (Å²) in [5.41, 5.74) is 0.444. The molecule has 0 aromatic carbocycles. The van der Waals surface area contributed by atoms with Crippen molar-refractivity contribution in [1.82, 2.24) is 9.97 Å². The molecule has 2 rings (SSSR count). The van der Waals surface area contributed by atoms with E-state index in [0.717, 1.165) is 24.4 Å². The van der Waals surface area contributed by atoms with E-state index in [0.29, 0.717) is 25.2 Å². The quantitative estimate of drug-likeness (QED) is 0.863. The highest BCUT2D eigenvalue weighted by Crippen LogP contribution is 2.36. The Morgan fingerprint density at radius 1 is 1.52 bits per heavy atom. The van der Waals surface area contributed by atoms with Crippen molar-refractivity contribution in [3.8, 4) is 0 Å². The fraction of sp³-hybridized carbons (Fsp3) is 0.562. The van der Waals surface area contributed by atoms with Gasteiger partial charge in [-0.25, -0.2) is 9.97 Å². The molecule has 0 aliphatic carbocycles. The van der Waals surface area contributed by atoms with E-state index in [1.807, 2.05) is 32.9 Å². The zero-order valence-corrected chi connectivity index (χ0v) is 13.0. The van der Waals surface area contributed by atoms with Crippen LogP contribution >= 0.6 is 0 Å². The molecule has 1 aromatic heterocycles. The molecule has 5 nitrogen and oxygen atoms in total. The molecule has 0 unspecified atom stereocenters. The first-order chi connectivity index (χ1) is 9.93. The summed E-state index contributed by atoms with van der Waals surface area (Å²) in [6, 6.07) is 1.85. The number of nitrogens with zero attached hydrogens (tertiary/aromatic N) is 3. The number of carboxylic acids is 1. The summed E-state index contributed by atoms with van der Waals surface area (Å²) in [5.74, 6) is 0.823. The lowest BCUT2D eigenvalue weighted by Crippen LogP contribution is -2.48. The van der Waals surface area contributed by atoms with Gasteiger partial charge in [0.2, 0.25) is 0 Å². The van der Waals surface area contributed by atoms with Gasteiger partial charge in [0.25, 0.3) is 0 Å². The van der Waals surface area contributed by atoms with Crippen LogP contribution in [0.1, 0.15) is 38.9 Å². The van der Waals surface area contributed by atoms with Gasteiger partial charge >= 0.3 is 5.97 Å². The van der Waals surface area contributed by atoms with E-state index < -0.39 is 11.4 Å². The summed E-state index contributed by atoms with van der Waals surface area (Å²) < 4.78 is 0. The minimum Gasteiger partial charge on any atom is -0.481 e. The first-order valence-electron chi connectivity index (χ1n) is 7.34. The van der Waals surface area contributed by atoms with Gasteiger partial charge in [-0.15, -0.1) is 0 Å². The van der Waals surface area contributed by atoms with Crippen molar-refractivity contribution >= 4 is 11.8 Å². The zero-order chi connectivity index (χ0) is 15.5. The summed E-state index contributed by atoms with van der Waals surface area (Å²) in [7, 11) is 0. The molecule has 1 aliphatic rings. The Labute approximate surface area is 125 Å². The van der Waals surface area contributed by atoms with Crippen molar-refractivity contribution in [1.29, 1.82) is 0 Å². The minimum atomic E-state index is -0.714. The number of carbonyl (C=O) groups is 1. The molecule has 5 heteroatoms. The molecule has 21 heavy (non-hydrogen) atoms. The molecule has 114 valence electrons. The van der Waals surface area contributed by atoms with Gasteiger partial charge in [0, 0.05) is 19.3 Å². The van der Waals surface area contributed by atoms with Crippen LogP contribution in [0.2, 0.25) is 0 Å². The van der Waals surface area contributed by atoms with E-state index in [-0.39, 0.29) is 0 Å². The molecular formula is C16H23N3O2. The van der Waals surface area contributed by atoms with Crippen LogP contribution in [0.15, 0.2) is 23.9 Å². The Hall–Kier alpha value is -1.91. The number of anilines is 1. The Kier molecular flexibility index (Phi) is 4.60. The molecule has 0 saturated carbocycles. The van der Waals surface area contributed by atoms with Crippen molar-refractivity contribution in [3.63, 3.8) is 0 Å². The Morgan fingerprint density at radius 2 is 2.29 bits per heavy atom. The molecule has 2 heterocycles. The summed E-state index contributed by atoms with van der Waals surface area (Å²) in [4.78, 5) is 22.4. The van der Waals surface area contributed by atoms with Crippen LogP contribution in [-0.4, -0.2) is 34.1 Å². The highest BCUT2D eigenvalue weighted by molar-refractivity contribution is 5.76. The average molecular weight is 289 g/mol. The smallest absolute Gasteiger partial charge is 0.311 e. The van der Waals surface area contributed by atoms with E-state index in [1.54, 1.807) is 6.20 Å². The average Bonchev–Trinajstić information content (AvgIpc) is 2.45. The third-order valence-corrected chi connectivity index (χ3v) is 4.02. The molecule has 1 aliphatic heterocycles. The zero-order valence-electron chi connectivity index (χ0n) is 13.0. The van der Waals surface area contributed by atoms with E-state index in [1.165, 1.54) is 0 Å². The van der Waals surface area contributed by atoms with E-state index in [4.69, 9.17) is 0 Å². The number of carboxylic acid groups (broad SMARTS) is 1. The summed E-state index contributed by atoms with van der Waals surface area (Å²) in [6.07, 6.45) is 5.91. The SMILES string of the molecule is CC(C)=CC[C@@]1(C(=O)O)CCCN(c2ccnc(C)n2)C1. The normalized spacial score (nSPS) is 22.0. The number of aromatic nitrogens is 2. The van der Waals surface area contributed by atoms with Gasteiger partial charge in [-0.3, -0.25) is 4.79 Å². The van der Waals surface area contributed by atoms with Crippen molar-refractivity contribution in [3.05, 3.63) is 29.7 Å². The number of aryl methyl sites for hydroxylation is 1. The standard InChI is InChI=1S/C16H23N3O2/c1-12(2)5-8-16(15(20)21)7-4-10-19(11-16)14-6-9-17-13(3)18-14/h5-6,9H,4,7-8,10-11H2,1-3H3,(H,20,21)/t16-/m0/s1. The van der Waals surface area contributed by atoms with E-state index in [9.17, 15) is 9.90 Å². The maximum Gasteiger partial charge on any atom is 0.311 e. The highest BCUT2D eigenvalue weighted by atomic mass is 16.4. The lowest BCUT2D eigenvalue weighted by molar-refractivity contribution is -0.149. The van der Waals surface area contributed by atoms with Gasteiger partial charge in [0.15, 0.2) is 0 Å². The highest BCUT2D eigenvalue weighted by Gasteiger charge is 2.41. The first-order valence-corrected chi connectivity index (χ1v) is 7.34. The van der Waals surface area contributed by atoms with Crippen molar-refractivity contribution in [2.75, 3.05) is 18.0 Å². The predicted molar refractivity (Wildman–Crippen MR) is 82.3 cm³/mol. The van der Waals surface area contributed by atoms with Crippen LogP contribution in [0.25, 0.3) is 0 Å². The van der Waals surface area contributed by atoms with Gasteiger partial charge in [-0.2, -0.15) is 0 Å². The Balaban J connectivity index is 2.24. The minimum absolute atomic E-state index is 0.503. The maximum absolute atomic E-state index is 11.8. The molecule has 0 spiro atoms. The second-order valence-corrected chi connectivity index (χ2v) is 6.06. The molecule has 0 bridgehead atoms. The number of hydrogen-bond acceptors (Lipinski definition) is 4.